The van der Waals surface area contributed by atoms with Crippen molar-refractivity contribution < 1.29 is 4.74 Å². The first kappa shape index (κ1) is 12.9. The molecule has 0 fully saturated rings. The fraction of sp³-hybridized carbons (Fsp3) is 0.583. The van der Waals surface area contributed by atoms with E-state index >= 15 is 0 Å². The summed E-state index contributed by atoms with van der Waals surface area (Å²) < 4.78 is 6.71. The van der Waals surface area contributed by atoms with Crippen LogP contribution in [0.1, 0.15) is 13.3 Å². The van der Waals surface area contributed by atoms with Crippen LogP contribution in [0, 0.1) is 0 Å². The Hall–Kier alpha value is -1.13. The van der Waals surface area contributed by atoms with Gasteiger partial charge in [0.1, 0.15) is 0 Å². The van der Waals surface area contributed by atoms with Crippen molar-refractivity contribution in [3.8, 4) is 0 Å². The van der Waals surface area contributed by atoms with E-state index in [1.807, 2.05) is 12.3 Å². The van der Waals surface area contributed by atoms with Crippen molar-refractivity contribution >= 4 is 0 Å². The van der Waals surface area contributed by atoms with E-state index < -0.39 is 0 Å². The van der Waals surface area contributed by atoms with Crippen molar-refractivity contribution in [2.45, 2.75) is 25.9 Å². The maximum absolute atomic E-state index is 11.4. The van der Waals surface area contributed by atoms with Crippen molar-refractivity contribution in [1.29, 1.82) is 0 Å². The molecular formula is C12H20N2O2. The Bertz CT molecular complexity index is 349. The Morgan fingerprint density at radius 2 is 2.31 bits per heavy atom. The third-order valence-electron chi connectivity index (χ3n) is 2.50. The minimum Gasteiger partial charge on any atom is -0.385 e. The van der Waals surface area contributed by atoms with E-state index in [0.29, 0.717) is 12.6 Å². The van der Waals surface area contributed by atoms with Gasteiger partial charge in [-0.3, -0.25) is 4.79 Å². The highest BCUT2D eigenvalue weighted by atomic mass is 16.5. The van der Waals surface area contributed by atoms with Crippen LogP contribution in [0.15, 0.2) is 29.2 Å². The van der Waals surface area contributed by atoms with Gasteiger partial charge in [-0.15, -0.1) is 0 Å². The summed E-state index contributed by atoms with van der Waals surface area (Å²) in [7, 11) is 1.70. The van der Waals surface area contributed by atoms with Crippen molar-refractivity contribution in [1.82, 2.24) is 9.88 Å². The lowest BCUT2D eigenvalue weighted by atomic mass is 10.2. The second-order valence-corrected chi connectivity index (χ2v) is 3.87. The molecule has 1 unspecified atom stereocenters. The molecule has 0 saturated carbocycles. The lowest BCUT2D eigenvalue weighted by molar-refractivity contribution is 0.184. The molecule has 0 bridgehead atoms. The summed E-state index contributed by atoms with van der Waals surface area (Å²) in [5, 5.41) is 3.35. The first-order chi connectivity index (χ1) is 7.74. The van der Waals surface area contributed by atoms with E-state index in [2.05, 4.69) is 12.2 Å². The number of aromatic nitrogens is 1. The van der Waals surface area contributed by atoms with Crippen molar-refractivity contribution in [2.75, 3.05) is 20.3 Å². The van der Waals surface area contributed by atoms with E-state index in [0.717, 1.165) is 19.6 Å². The lowest BCUT2D eigenvalue weighted by Crippen LogP contribution is -2.32. The number of hydrogen-bond donors (Lipinski definition) is 1. The topological polar surface area (TPSA) is 43.3 Å². The molecule has 0 aliphatic rings. The normalized spacial score (nSPS) is 12.6. The molecule has 1 N–H and O–H groups in total. The predicted molar refractivity (Wildman–Crippen MR) is 64.7 cm³/mol. The average Bonchev–Trinajstić information content (AvgIpc) is 2.29. The summed E-state index contributed by atoms with van der Waals surface area (Å²) in [4.78, 5) is 11.4. The summed E-state index contributed by atoms with van der Waals surface area (Å²) in [5.74, 6) is 0. The van der Waals surface area contributed by atoms with E-state index in [1.54, 1.807) is 23.8 Å². The fourth-order valence-electron chi connectivity index (χ4n) is 1.47. The summed E-state index contributed by atoms with van der Waals surface area (Å²) in [6.45, 7) is 4.39. The molecular weight excluding hydrogens is 204 g/mol. The van der Waals surface area contributed by atoms with Crippen LogP contribution < -0.4 is 10.9 Å². The number of methoxy groups -OCH3 is 1. The van der Waals surface area contributed by atoms with Gasteiger partial charge in [0.05, 0.1) is 0 Å². The van der Waals surface area contributed by atoms with Crippen LogP contribution in [0.3, 0.4) is 0 Å². The third kappa shape index (κ3) is 4.59. The molecule has 1 aromatic heterocycles. The molecule has 0 aromatic carbocycles. The van der Waals surface area contributed by atoms with E-state index in [9.17, 15) is 4.79 Å². The van der Waals surface area contributed by atoms with Gasteiger partial charge in [0.2, 0.25) is 0 Å². The molecule has 0 saturated heterocycles. The van der Waals surface area contributed by atoms with Gasteiger partial charge in [0.25, 0.3) is 5.56 Å². The van der Waals surface area contributed by atoms with Gasteiger partial charge in [0.15, 0.2) is 0 Å². The molecule has 0 amide bonds. The Balaban J connectivity index is 2.25. The zero-order chi connectivity index (χ0) is 11.8. The monoisotopic (exact) mass is 224 g/mol. The van der Waals surface area contributed by atoms with Crippen LogP contribution in [0.2, 0.25) is 0 Å². The first-order valence-corrected chi connectivity index (χ1v) is 5.62. The van der Waals surface area contributed by atoms with Crippen molar-refractivity contribution in [2.24, 2.45) is 0 Å². The summed E-state index contributed by atoms with van der Waals surface area (Å²) in [6.07, 6.45) is 2.80. The third-order valence-corrected chi connectivity index (χ3v) is 2.50. The van der Waals surface area contributed by atoms with Crippen molar-refractivity contribution in [3.05, 3.63) is 34.7 Å². The largest absolute Gasteiger partial charge is 0.385 e. The fourth-order valence-corrected chi connectivity index (χ4v) is 1.47. The summed E-state index contributed by atoms with van der Waals surface area (Å²) in [5.41, 5.74) is 0.0499. The van der Waals surface area contributed by atoms with Crippen LogP contribution >= 0.6 is 0 Å². The molecule has 1 aromatic rings. The first-order valence-electron chi connectivity index (χ1n) is 5.62. The lowest BCUT2D eigenvalue weighted by Gasteiger charge is -2.13. The van der Waals surface area contributed by atoms with Gasteiger partial charge in [-0.25, -0.2) is 0 Å². The van der Waals surface area contributed by atoms with Crippen LogP contribution in [0.5, 0.6) is 0 Å². The van der Waals surface area contributed by atoms with Gasteiger partial charge in [-0.2, -0.15) is 0 Å². The molecule has 0 aliphatic carbocycles. The Morgan fingerprint density at radius 3 is 3.00 bits per heavy atom. The number of nitrogens with zero attached hydrogens (tertiary/aromatic N) is 1. The van der Waals surface area contributed by atoms with Gasteiger partial charge in [0, 0.05) is 45.1 Å². The molecule has 90 valence electrons. The molecule has 0 radical (unpaired) electrons. The number of hydrogen-bond acceptors (Lipinski definition) is 3. The van der Waals surface area contributed by atoms with Crippen molar-refractivity contribution in [3.63, 3.8) is 0 Å². The number of pyridine rings is 1. The molecule has 1 heterocycles. The highest BCUT2D eigenvalue weighted by Crippen LogP contribution is 1.90. The van der Waals surface area contributed by atoms with E-state index in [1.165, 1.54) is 0 Å². The summed E-state index contributed by atoms with van der Waals surface area (Å²) >= 11 is 0. The molecule has 16 heavy (non-hydrogen) atoms. The zero-order valence-electron chi connectivity index (χ0n) is 9.98. The average molecular weight is 224 g/mol. The summed E-state index contributed by atoms with van der Waals surface area (Å²) in [6, 6.07) is 5.62. The standard InChI is InChI=1S/C12H20N2O2/c1-11(6-10-16-2)13-7-9-14-8-4-3-5-12(14)15/h3-5,8,11,13H,6-7,9-10H2,1-2H3. The minimum atomic E-state index is 0.0499. The minimum absolute atomic E-state index is 0.0499. The van der Waals surface area contributed by atoms with Crippen LogP contribution in [0.4, 0.5) is 0 Å². The predicted octanol–water partition coefficient (Wildman–Crippen LogP) is 0.863. The van der Waals surface area contributed by atoms with Crippen LogP contribution in [-0.4, -0.2) is 30.9 Å². The molecule has 0 spiro atoms. The number of ether oxygens (including phenoxy) is 1. The molecule has 4 heteroatoms. The zero-order valence-corrected chi connectivity index (χ0v) is 9.98. The molecule has 1 rings (SSSR count). The van der Waals surface area contributed by atoms with Gasteiger partial charge in [-0.1, -0.05) is 6.07 Å². The SMILES string of the molecule is COCCC(C)NCCn1ccccc1=O. The Kier molecular flexibility index (Phi) is 5.82. The second-order valence-electron chi connectivity index (χ2n) is 3.87. The second kappa shape index (κ2) is 7.19. The smallest absolute Gasteiger partial charge is 0.250 e. The van der Waals surface area contributed by atoms with Gasteiger partial charge >= 0.3 is 0 Å². The van der Waals surface area contributed by atoms with Crippen LogP contribution in [0.25, 0.3) is 0 Å². The molecule has 1 atom stereocenters. The highest BCUT2D eigenvalue weighted by Gasteiger charge is 2.00. The Morgan fingerprint density at radius 1 is 1.50 bits per heavy atom. The highest BCUT2D eigenvalue weighted by molar-refractivity contribution is 4.93. The Labute approximate surface area is 96.2 Å². The van der Waals surface area contributed by atoms with E-state index in [-0.39, 0.29) is 5.56 Å². The molecule has 4 nitrogen and oxygen atoms in total. The number of nitrogens with one attached hydrogen (secondary N) is 1. The number of rotatable bonds is 7. The maximum atomic E-state index is 11.4. The van der Waals surface area contributed by atoms with Gasteiger partial charge < -0.3 is 14.6 Å². The molecule has 0 aliphatic heterocycles. The van der Waals surface area contributed by atoms with Crippen LogP contribution in [-0.2, 0) is 11.3 Å². The van der Waals surface area contributed by atoms with E-state index in [4.69, 9.17) is 4.74 Å². The van der Waals surface area contributed by atoms with Gasteiger partial charge in [-0.05, 0) is 19.4 Å². The maximum Gasteiger partial charge on any atom is 0.250 e. The quantitative estimate of drug-likeness (QED) is 0.747.